The van der Waals surface area contributed by atoms with Crippen molar-refractivity contribution in [2.45, 2.75) is 92.9 Å². The lowest BCUT2D eigenvalue weighted by Gasteiger charge is -2.39. The molecule has 0 rings (SSSR count). The average molecular weight is 342 g/mol. The van der Waals surface area contributed by atoms with Gasteiger partial charge in [0.25, 0.3) is 0 Å². The molecule has 0 saturated carbocycles. The Labute approximate surface area is 149 Å². The number of rotatable bonds is 9. The van der Waals surface area contributed by atoms with Crippen LogP contribution in [0.3, 0.4) is 0 Å². The Balaban J connectivity index is 4.52. The van der Waals surface area contributed by atoms with Gasteiger partial charge in [-0.05, 0) is 51.4 Å². The van der Waals surface area contributed by atoms with Gasteiger partial charge in [0.05, 0.1) is 12.2 Å². The maximum Gasteiger partial charge on any atom is 0.334 e. The molecule has 0 radical (unpaired) electrons. The molecule has 0 saturated heterocycles. The van der Waals surface area contributed by atoms with E-state index in [1.54, 1.807) is 13.8 Å². The monoisotopic (exact) mass is 341 g/mol. The first kappa shape index (κ1) is 23.1. The van der Waals surface area contributed by atoms with E-state index in [-0.39, 0.29) is 16.4 Å². The summed E-state index contributed by atoms with van der Waals surface area (Å²) in [5.74, 6) is -0.467. The highest BCUT2D eigenvalue weighted by Gasteiger charge is 2.33. The Hall–Kier alpha value is -0.870. The minimum absolute atomic E-state index is 0.181. The number of carbonyl (C=O) groups is 1. The van der Waals surface area contributed by atoms with Crippen molar-refractivity contribution in [3.8, 4) is 0 Å². The second-order valence-electron chi connectivity index (χ2n) is 9.92. The molecule has 0 aliphatic rings. The minimum Gasteiger partial charge on any atom is -0.441 e. The van der Waals surface area contributed by atoms with Crippen LogP contribution in [-0.2, 0) is 14.3 Å². The Bertz CT molecular complexity index is 442. The van der Waals surface area contributed by atoms with Gasteiger partial charge in [0.15, 0.2) is 5.72 Å². The zero-order valence-corrected chi connectivity index (χ0v) is 17.3. The average Bonchev–Trinajstić information content (AvgIpc) is 2.21. The van der Waals surface area contributed by atoms with Crippen LogP contribution in [0, 0.1) is 10.8 Å². The lowest BCUT2D eigenvalue weighted by atomic mass is 9.71. The van der Waals surface area contributed by atoms with E-state index in [9.17, 15) is 4.79 Å². The fourth-order valence-corrected chi connectivity index (χ4v) is 3.58. The molecule has 1 atom stereocenters. The lowest BCUT2D eigenvalue weighted by molar-refractivity contribution is -0.155. The van der Waals surface area contributed by atoms with Crippen molar-refractivity contribution in [3.63, 3.8) is 0 Å². The van der Waals surface area contributed by atoms with Gasteiger partial charge >= 0.3 is 5.97 Å². The first-order chi connectivity index (χ1) is 10.4. The summed E-state index contributed by atoms with van der Waals surface area (Å²) in [6, 6.07) is 0. The van der Waals surface area contributed by atoms with Crippen molar-refractivity contribution in [1.82, 2.24) is 0 Å². The molecule has 0 aromatic carbocycles. The normalized spacial score (nSPS) is 15.8. The zero-order valence-electron chi connectivity index (χ0n) is 17.3. The van der Waals surface area contributed by atoms with Crippen molar-refractivity contribution in [1.29, 1.82) is 0 Å². The highest BCUT2D eigenvalue weighted by Crippen LogP contribution is 2.40. The first-order valence-corrected chi connectivity index (χ1v) is 8.77. The summed E-state index contributed by atoms with van der Waals surface area (Å²) in [6.07, 6.45) is 2.51. The van der Waals surface area contributed by atoms with E-state index >= 15 is 0 Å². The molecule has 0 amide bonds. The van der Waals surface area contributed by atoms with Gasteiger partial charge in [-0.1, -0.05) is 41.2 Å². The van der Waals surface area contributed by atoms with Crippen molar-refractivity contribution in [2.24, 2.45) is 16.6 Å². The van der Waals surface area contributed by atoms with Gasteiger partial charge in [-0.25, -0.2) is 4.79 Å². The molecule has 0 fully saturated rings. The van der Waals surface area contributed by atoms with Crippen LogP contribution in [-0.4, -0.2) is 23.9 Å². The van der Waals surface area contributed by atoms with Crippen LogP contribution in [0.15, 0.2) is 12.2 Å². The van der Waals surface area contributed by atoms with E-state index in [2.05, 4.69) is 55.0 Å². The largest absolute Gasteiger partial charge is 0.441 e. The molecule has 142 valence electrons. The number of ether oxygens (including phenoxy) is 2. The van der Waals surface area contributed by atoms with Gasteiger partial charge in [-0.2, -0.15) is 0 Å². The molecule has 1 unspecified atom stereocenters. The van der Waals surface area contributed by atoms with E-state index < -0.39 is 11.7 Å². The number of hydrogen-bond donors (Lipinski definition) is 1. The summed E-state index contributed by atoms with van der Waals surface area (Å²) >= 11 is 0. The van der Waals surface area contributed by atoms with E-state index in [1.807, 2.05) is 0 Å². The van der Waals surface area contributed by atoms with Gasteiger partial charge in [0.2, 0.25) is 0 Å². The number of hydrogen-bond acceptors (Lipinski definition) is 4. The van der Waals surface area contributed by atoms with Crippen LogP contribution in [0.4, 0.5) is 0 Å². The molecular weight excluding hydrogens is 302 g/mol. The van der Waals surface area contributed by atoms with Gasteiger partial charge in [0, 0.05) is 12.0 Å². The molecule has 2 N–H and O–H groups in total. The van der Waals surface area contributed by atoms with Crippen LogP contribution in [0.1, 0.15) is 81.6 Å². The zero-order chi connectivity index (χ0) is 19.4. The van der Waals surface area contributed by atoms with Crippen LogP contribution in [0.25, 0.3) is 0 Å². The van der Waals surface area contributed by atoms with E-state index in [1.165, 1.54) is 0 Å². The van der Waals surface area contributed by atoms with Crippen molar-refractivity contribution in [3.05, 3.63) is 12.2 Å². The lowest BCUT2D eigenvalue weighted by Crippen LogP contribution is -2.43. The molecule has 0 bridgehead atoms. The van der Waals surface area contributed by atoms with E-state index in [0.29, 0.717) is 18.6 Å². The fraction of sp³-hybridized carbons (Fsp3) is 0.850. The van der Waals surface area contributed by atoms with E-state index in [4.69, 9.17) is 15.2 Å². The maximum absolute atomic E-state index is 11.6. The molecule has 0 aliphatic carbocycles. The predicted octanol–water partition coefficient (Wildman–Crippen LogP) is 4.82. The minimum atomic E-state index is -1.05. The molecule has 0 aromatic rings. The predicted molar refractivity (Wildman–Crippen MR) is 101 cm³/mol. The second kappa shape index (κ2) is 8.01. The summed E-state index contributed by atoms with van der Waals surface area (Å²) < 4.78 is 11.3. The number of carbonyl (C=O) groups excluding carboxylic acids is 1. The molecule has 0 spiro atoms. The molecular formula is C20H39NO3. The number of esters is 1. The highest BCUT2D eigenvalue weighted by atomic mass is 16.6. The molecule has 4 heteroatoms. The topological polar surface area (TPSA) is 61.5 Å². The first-order valence-electron chi connectivity index (χ1n) is 8.77. The quantitative estimate of drug-likeness (QED) is 0.371. The standard InChI is InChI=1S/C20H39NO3/c1-15(2)16(22)24-20(10,21)11-12-23-19(8,9)14-18(6,7)13-17(3,4)5/h1,11-14,21H2,2-10H3. The van der Waals surface area contributed by atoms with E-state index in [0.717, 1.165) is 12.8 Å². The third kappa shape index (κ3) is 10.8. The summed E-state index contributed by atoms with van der Waals surface area (Å²) in [7, 11) is 0. The fourth-order valence-electron chi connectivity index (χ4n) is 3.58. The molecule has 0 aromatic heterocycles. The van der Waals surface area contributed by atoms with Crippen molar-refractivity contribution >= 4 is 5.97 Å². The molecule has 0 heterocycles. The summed E-state index contributed by atoms with van der Waals surface area (Å²) in [5, 5.41) is 0. The summed E-state index contributed by atoms with van der Waals surface area (Å²) in [4.78, 5) is 11.6. The Kier molecular flexibility index (Phi) is 7.72. The third-order valence-corrected chi connectivity index (χ3v) is 3.68. The molecule has 4 nitrogen and oxygen atoms in total. The number of nitrogens with two attached hydrogens (primary N) is 1. The molecule has 24 heavy (non-hydrogen) atoms. The summed E-state index contributed by atoms with van der Waals surface area (Å²) in [5.41, 5.74) is 5.53. The van der Waals surface area contributed by atoms with Crippen LogP contribution >= 0.6 is 0 Å². The van der Waals surface area contributed by atoms with Crippen molar-refractivity contribution < 1.29 is 14.3 Å². The maximum atomic E-state index is 11.6. The Morgan fingerprint density at radius 1 is 1.00 bits per heavy atom. The van der Waals surface area contributed by atoms with Crippen LogP contribution in [0.5, 0.6) is 0 Å². The van der Waals surface area contributed by atoms with Crippen LogP contribution in [0.2, 0.25) is 0 Å². The van der Waals surface area contributed by atoms with Gasteiger partial charge < -0.3 is 9.47 Å². The summed E-state index contributed by atoms with van der Waals surface area (Å²) in [6.45, 7) is 22.9. The second-order valence-corrected chi connectivity index (χ2v) is 9.92. The highest BCUT2D eigenvalue weighted by molar-refractivity contribution is 5.87. The Morgan fingerprint density at radius 3 is 1.92 bits per heavy atom. The van der Waals surface area contributed by atoms with Crippen LogP contribution < -0.4 is 5.73 Å². The molecule has 0 aliphatic heterocycles. The van der Waals surface area contributed by atoms with Gasteiger partial charge in [-0.3, -0.25) is 5.73 Å². The van der Waals surface area contributed by atoms with Crippen molar-refractivity contribution in [2.75, 3.05) is 6.61 Å². The third-order valence-electron chi connectivity index (χ3n) is 3.68. The van der Waals surface area contributed by atoms with Gasteiger partial charge in [0.1, 0.15) is 0 Å². The van der Waals surface area contributed by atoms with Gasteiger partial charge in [-0.15, -0.1) is 0 Å². The SMILES string of the molecule is C=C(C)C(=O)OC(C)(N)CCOC(C)(C)CC(C)(C)CC(C)(C)C. The Morgan fingerprint density at radius 2 is 1.50 bits per heavy atom. The smallest absolute Gasteiger partial charge is 0.334 e.